The first kappa shape index (κ1) is 11.8. The lowest BCUT2D eigenvalue weighted by molar-refractivity contribution is 0.219. The lowest BCUT2D eigenvalue weighted by atomic mass is 10.1. The molecule has 2 heterocycles. The second-order valence-electron chi connectivity index (χ2n) is 5.26. The predicted octanol–water partition coefficient (Wildman–Crippen LogP) is 2.61. The largest absolute Gasteiger partial charge is 0.357 e. The fraction of sp³-hybridized carbons (Fsp3) is 0.467. The number of H-pyrrole nitrogens is 1. The summed E-state index contributed by atoms with van der Waals surface area (Å²) in [6.07, 6.45) is 4.08. The highest BCUT2D eigenvalue weighted by atomic mass is 15.1. The van der Waals surface area contributed by atoms with Crippen LogP contribution in [0.4, 0.5) is 0 Å². The van der Waals surface area contributed by atoms with Gasteiger partial charge in [0.05, 0.1) is 0 Å². The fourth-order valence-electron chi connectivity index (χ4n) is 2.81. The van der Waals surface area contributed by atoms with Crippen LogP contribution in [0.3, 0.4) is 0 Å². The Morgan fingerprint density at radius 3 is 2.72 bits per heavy atom. The van der Waals surface area contributed by atoms with Gasteiger partial charge in [0.1, 0.15) is 0 Å². The number of nitrogens with zero attached hydrogens (tertiary/aromatic N) is 1. The third kappa shape index (κ3) is 2.42. The van der Waals surface area contributed by atoms with Crippen molar-refractivity contribution in [1.82, 2.24) is 9.88 Å². The zero-order chi connectivity index (χ0) is 12.4. The first-order chi connectivity index (χ1) is 8.85. The van der Waals surface area contributed by atoms with Gasteiger partial charge in [-0.2, -0.15) is 0 Å². The van der Waals surface area contributed by atoms with Crippen molar-refractivity contribution in [2.45, 2.75) is 32.4 Å². The molecule has 2 aromatic rings. The van der Waals surface area contributed by atoms with Crippen LogP contribution in [0.15, 0.2) is 24.3 Å². The Hall–Kier alpha value is -1.32. The summed E-state index contributed by atoms with van der Waals surface area (Å²) < 4.78 is 0. The maximum absolute atomic E-state index is 5.68. The number of benzene rings is 1. The van der Waals surface area contributed by atoms with Crippen molar-refractivity contribution in [3.63, 3.8) is 0 Å². The normalized spacial score (nSPS) is 17.4. The molecule has 0 spiro atoms. The number of nitrogens with one attached hydrogen (secondary N) is 1. The molecule has 0 bridgehead atoms. The van der Waals surface area contributed by atoms with Gasteiger partial charge in [0.2, 0.25) is 0 Å². The summed E-state index contributed by atoms with van der Waals surface area (Å²) in [6, 6.07) is 8.69. The Balaban J connectivity index is 1.79. The van der Waals surface area contributed by atoms with Gasteiger partial charge in [-0.05, 0) is 49.7 Å². The summed E-state index contributed by atoms with van der Waals surface area (Å²) in [6.45, 7) is 4.14. The van der Waals surface area contributed by atoms with E-state index >= 15 is 0 Å². The predicted molar refractivity (Wildman–Crippen MR) is 75.3 cm³/mol. The van der Waals surface area contributed by atoms with E-state index in [2.05, 4.69) is 34.1 Å². The zero-order valence-corrected chi connectivity index (χ0v) is 10.8. The standard InChI is InChI=1S/C15H21N3/c16-10-12-4-5-15-13(8-12)9-14(17-15)11-18-6-2-1-3-7-18/h4-5,8-9,17H,1-3,6-7,10-11,16H2. The molecule has 0 amide bonds. The molecule has 18 heavy (non-hydrogen) atoms. The van der Waals surface area contributed by atoms with E-state index in [1.165, 1.54) is 54.5 Å². The van der Waals surface area contributed by atoms with Gasteiger partial charge in [-0.1, -0.05) is 12.5 Å². The molecule has 1 aromatic carbocycles. The van der Waals surface area contributed by atoms with Crippen LogP contribution in [0.2, 0.25) is 0 Å². The van der Waals surface area contributed by atoms with Crippen LogP contribution < -0.4 is 5.73 Å². The number of aromatic amines is 1. The zero-order valence-electron chi connectivity index (χ0n) is 10.8. The Morgan fingerprint density at radius 1 is 1.11 bits per heavy atom. The summed E-state index contributed by atoms with van der Waals surface area (Å²) in [5.74, 6) is 0. The van der Waals surface area contributed by atoms with Crippen LogP contribution in [-0.2, 0) is 13.1 Å². The topological polar surface area (TPSA) is 45.1 Å². The molecule has 3 nitrogen and oxygen atoms in total. The number of likely N-dealkylation sites (tertiary alicyclic amines) is 1. The number of hydrogen-bond acceptors (Lipinski definition) is 2. The minimum absolute atomic E-state index is 0.614. The van der Waals surface area contributed by atoms with Gasteiger partial charge >= 0.3 is 0 Å². The monoisotopic (exact) mass is 243 g/mol. The van der Waals surface area contributed by atoms with Crippen molar-refractivity contribution >= 4 is 10.9 Å². The molecule has 1 saturated heterocycles. The SMILES string of the molecule is NCc1ccc2[nH]c(CN3CCCCC3)cc2c1. The quantitative estimate of drug-likeness (QED) is 0.870. The summed E-state index contributed by atoms with van der Waals surface area (Å²) in [4.78, 5) is 6.05. The average molecular weight is 243 g/mol. The van der Waals surface area contributed by atoms with Crippen LogP contribution >= 0.6 is 0 Å². The van der Waals surface area contributed by atoms with E-state index in [-0.39, 0.29) is 0 Å². The van der Waals surface area contributed by atoms with Gasteiger partial charge < -0.3 is 10.7 Å². The number of nitrogens with two attached hydrogens (primary N) is 1. The Bertz CT molecular complexity index is 524. The Labute approximate surface area is 108 Å². The van der Waals surface area contributed by atoms with E-state index in [0.717, 1.165) is 6.54 Å². The van der Waals surface area contributed by atoms with Crippen molar-refractivity contribution in [2.24, 2.45) is 5.73 Å². The van der Waals surface area contributed by atoms with Crippen LogP contribution in [0, 0.1) is 0 Å². The van der Waals surface area contributed by atoms with Gasteiger partial charge in [0, 0.05) is 29.7 Å². The molecule has 0 radical (unpaired) electrons. The fourth-order valence-corrected chi connectivity index (χ4v) is 2.81. The molecule has 1 fully saturated rings. The Kier molecular flexibility index (Phi) is 3.35. The maximum atomic E-state index is 5.68. The minimum atomic E-state index is 0.614. The highest BCUT2D eigenvalue weighted by molar-refractivity contribution is 5.81. The lowest BCUT2D eigenvalue weighted by Crippen LogP contribution is -2.29. The van der Waals surface area contributed by atoms with E-state index in [0.29, 0.717) is 6.54 Å². The van der Waals surface area contributed by atoms with Gasteiger partial charge in [-0.15, -0.1) is 0 Å². The van der Waals surface area contributed by atoms with Crippen molar-refractivity contribution in [3.05, 3.63) is 35.5 Å². The molecule has 0 unspecified atom stereocenters. The second kappa shape index (κ2) is 5.12. The maximum Gasteiger partial charge on any atom is 0.0456 e. The molecule has 3 rings (SSSR count). The number of rotatable bonds is 3. The molecule has 0 saturated carbocycles. The second-order valence-corrected chi connectivity index (χ2v) is 5.26. The van der Waals surface area contributed by atoms with Crippen LogP contribution in [0.25, 0.3) is 10.9 Å². The highest BCUT2D eigenvalue weighted by Gasteiger charge is 2.11. The molecule has 1 aromatic heterocycles. The minimum Gasteiger partial charge on any atom is -0.357 e. The van der Waals surface area contributed by atoms with E-state index in [1.807, 2.05) is 0 Å². The average Bonchev–Trinajstić information content (AvgIpc) is 2.80. The Morgan fingerprint density at radius 2 is 1.94 bits per heavy atom. The van der Waals surface area contributed by atoms with E-state index in [9.17, 15) is 0 Å². The number of piperidine rings is 1. The third-order valence-corrected chi connectivity index (χ3v) is 3.82. The van der Waals surface area contributed by atoms with Crippen LogP contribution in [0.1, 0.15) is 30.5 Å². The highest BCUT2D eigenvalue weighted by Crippen LogP contribution is 2.19. The van der Waals surface area contributed by atoms with E-state index in [1.54, 1.807) is 0 Å². The molecule has 3 N–H and O–H groups in total. The molecule has 96 valence electrons. The molecule has 1 aliphatic rings. The number of aromatic nitrogens is 1. The molecule has 1 aliphatic heterocycles. The molecule has 0 atom stereocenters. The molecular formula is C15H21N3. The van der Waals surface area contributed by atoms with Gasteiger partial charge in [-0.3, -0.25) is 4.90 Å². The van der Waals surface area contributed by atoms with Gasteiger partial charge in [0.25, 0.3) is 0 Å². The number of hydrogen-bond donors (Lipinski definition) is 2. The number of fused-ring (bicyclic) bond motifs is 1. The van der Waals surface area contributed by atoms with Gasteiger partial charge in [0.15, 0.2) is 0 Å². The first-order valence-corrected chi connectivity index (χ1v) is 6.88. The summed E-state index contributed by atoms with van der Waals surface area (Å²) in [7, 11) is 0. The molecular weight excluding hydrogens is 222 g/mol. The first-order valence-electron chi connectivity index (χ1n) is 6.88. The van der Waals surface area contributed by atoms with Gasteiger partial charge in [-0.25, -0.2) is 0 Å². The third-order valence-electron chi connectivity index (χ3n) is 3.82. The molecule has 3 heteroatoms. The van der Waals surface area contributed by atoms with Crippen molar-refractivity contribution < 1.29 is 0 Å². The van der Waals surface area contributed by atoms with Crippen molar-refractivity contribution in [1.29, 1.82) is 0 Å². The van der Waals surface area contributed by atoms with E-state index in [4.69, 9.17) is 5.73 Å². The van der Waals surface area contributed by atoms with Crippen LogP contribution in [-0.4, -0.2) is 23.0 Å². The van der Waals surface area contributed by atoms with Crippen molar-refractivity contribution in [2.75, 3.05) is 13.1 Å². The molecule has 0 aliphatic carbocycles. The van der Waals surface area contributed by atoms with Crippen molar-refractivity contribution in [3.8, 4) is 0 Å². The van der Waals surface area contributed by atoms with E-state index < -0.39 is 0 Å². The summed E-state index contributed by atoms with van der Waals surface area (Å²) in [5.41, 5.74) is 9.42. The summed E-state index contributed by atoms with van der Waals surface area (Å²) >= 11 is 0. The lowest BCUT2D eigenvalue weighted by Gasteiger charge is -2.25. The summed E-state index contributed by atoms with van der Waals surface area (Å²) in [5, 5.41) is 1.28. The van der Waals surface area contributed by atoms with Crippen LogP contribution in [0.5, 0.6) is 0 Å². The smallest absolute Gasteiger partial charge is 0.0456 e.